The average molecular weight is 447 g/mol. The predicted molar refractivity (Wildman–Crippen MR) is 136 cm³/mol. The van der Waals surface area contributed by atoms with E-state index in [2.05, 4.69) is 35.8 Å². The molecular formula is C30H16Cl2. The summed E-state index contributed by atoms with van der Waals surface area (Å²) < 4.78 is 0. The van der Waals surface area contributed by atoms with Crippen molar-refractivity contribution in [3.63, 3.8) is 0 Å². The largest absolute Gasteiger partial charge is 0.0837 e. The normalized spacial score (nSPS) is 10.3. The fraction of sp³-hybridized carbons (Fsp3) is 0. The molecule has 0 bridgehead atoms. The summed E-state index contributed by atoms with van der Waals surface area (Å²) in [7, 11) is 0. The molecule has 5 aromatic rings. The number of halogens is 2. The van der Waals surface area contributed by atoms with E-state index < -0.39 is 0 Å². The van der Waals surface area contributed by atoms with Gasteiger partial charge in [0.05, 0.1) is 10.6 Å². The second-order valence-corrected chi connectivity index (χ2v) is 8.16. The maximum Gasteiger partial charge on any atom is 0.0653 e. The number of rotatable bonds is 0. The van der Waals surface area contributed by atoms with Crippen LogP contribution in [0.4, 0.5) is 0 Å². The van der Waals surface area contributed by atoms with Gasteiger partial charge in [-0.3, -0.25) is 0 Å². The number of hydrogen-bond acceptors (Lipinski definition) is 0. The van der Waals surface area contributed by atoms with E-state index >= 15 is 0 Å². The van der Waals surface area contributed by atoms with Gasteiger partial charge in [0.1, 0.15) is 0 Å². The molecule has 0 N–H and O–H groups in total. The minimum absolute atomic E-state index is 0.588. The second kappa shape index (κ2) is 8.82. The second-order valence-electron chi connectivity index (χ2n) is 7.38. The van der Waals surface area contributed by atoms with E-state index in [1.807, 2.05) is 84.9 Å². The fourth-order valence-corrected chi connectivity index (χ4v) is 4.18. The maximum atomic E-state index is 6.93. The van der Waals surface area contributed by atoms with Gasteiger partial charge in [-0.1, -0.05) is 95.4 Å². The van der Waals surface area contributed by atoms with Crippen LogP contribution in [0.5, 0.6) is 0 Å². The Kier molecular flexibility index (Phi) is 5.58. The van der Waals surface area contributed by atoms with Crippen molar-refractivity contribution in [2.24, 2.45) is 0 Å². The minimum atomic E-state index is 0.588. The van der Waals surface area contributed by atoms with Crippen LogP contribution in [-0.2, 0) is 0 Å². The van der Waals surface area contributed by atoms with E-state index in [-0.39, 0.29) is 0 Å². The summed E-state index contributed by atoms with van der Waals surface area (Å²) in [6.07, 6.45) is 0. The van der Waals surface area contributed by atoms with Gasteiger partial charge in [-0.15, -0.1) is 0 Å². The molecule has 0 atom stereocenters. The summed E-state index contributed by atoms with van der Waals surface area (Å²) in [5.74, 6) is 13.0. The molecule has 0 amide bonds. The van der Waals surface area contributed by atoms with Gasteiger partial charge in [0.15, 0.2) is 0 Å². The quantitative estimate of drug-likeness (QED) is 0.166. The van der Waals surface area contributed by atoms with Gasteiger partial charge in [0.25, 0.3) is 0 Å². The molecule has 0 heterocycles. The van der Waals surface area contributed by atoms with Gasteiger partial charge in [-0.25, -0.2) is 0 Å². The number of fused-ring (bicyclic) bond motifs is 2. The smallest absolute Gasteiger partial charge is 0.0653 e. The zero-order chi connectivity index (χ0) is 21.9. The molecule has 0 nitrogen and oxygen atoms in total. The molecular weight excluding hydrogens is 431 g/mol. The van der Waals surface area contributed by atoms with Crippen LogP contribution < -0.4 is 0 Å². The first kappa shape index (κ1) is 20.2. The first-order chi connectivity index (χ1) is 15.7. The summed E-state index contributed by atoms with van der Waals surface area (Å²) in [5.41, 5.74) is 3.39. The van der Waals surface area contributed by atoms with Crippen molar-refractivity contribution in [3.05, 3.63) is 129 Å². The molecule has 0 spiro atoms. The molecule has 2 heteroatoms. The Balaban J connectivity index is 1.76. The highest BCUT2D eigenvalue weighted by molar-refractivity contribution is 6.39. The third kappa shape index (κ3) is 4.08. The van der Waals surface area contributed by atoms with Crippen molar-refractivity contribution in [3.8, 4) is 23.7 Å². The monoisotopic (exact) mass is 446 g/mol. The van der Waals surface area contributed by atoms with E-state index in [9.17, 15) is 0 Å². The van der Waals surface area contributed by atoms with Crippen LogP contribution in [0.2, 0.25) is 10.0 Å². The summed E-state index contributed by atoms with van der Waals surface area (Å²) in [4.78, 5) is 0. The minimum Gasteiger partial charge on any atom is -0.0837 e. The lowest BCUT2D eigenvalue weighted by Gasteiger charge is -2.09. The lowest BCUT2D eigenvalue weighted by Crippen LogP contribution is -1.90. The SMILES string of the molecule is Clc1cccc2cc3cc(C#Cc4ccccc4)c(C#Cc4ccccc4)c(Cl)c3cc12. The third-order valence-electron chi connectivity index (χ3n) is 5.24. The summed E-state index contributed by atoms with van der Waals surface area (Å²) in [6, 6.07) is 31.9. The van der Waals surface area contributed by atoms with Gasteiger partial charge in [0.2, 0.25) is 0 Å². The number of benzene rings is 5. The molecule has 5 rings (SSSR count). The van der Waals surface area contributed by atoms with Crippen molar-refractivity contribution in [2.45, 2.75) is 0 Å². The molecule has 0 aliphatic rings. The Morgan fingerprint density at radius 3 is 1.84 bits per heavy atom. The average Bonchev–Trinajstić information content (AvgIpc) is 2.83. The highest BCUT2D eigenvalue weighted by Gasteiger charge is 2.12. The van der Waals surface area contributed by atoms with E-state index in [1.54, 1.807) is 0 Å². The first-order valence-corrected chi connectivity index (χ1v) is 10.9. The fourth-order valence-electron chi connectivity index (χ4n) is 3.63. The summed E-state index contributed by atoms with van der Waals surface area (Å²) >= 11 is 13.4. The molecule has 0 fully saturated rings. The lowest BCUT2D eigenvalue weighted by atomic mass is 9.97. The van der Waals surface area contributed by atoms with Crippen LogP contribution in [0.3, 0.4) is 0 Å². The standard InChI is InChI=1S/C30H16Cl2/c31-29-13-7-12-23-18-25-19-24(16-14-21-8-3-1-4-9-21)26(30(32)28(25)20-27(23)29)17-15-22-10-5-2-6-11-22/h1-13,18-20H. The Bertz CT molecular complexity index is 1580. The molecule has 32 heavy (non-hydrogen) atoms. The molecule has 0 radical (unpaired) electrons. The molecule has 150 valence electrons. The first-order valence-electron chi connectivity index (χ1n) is 10.2. The molecule has 0 aromatic heterocycles. The summed E-state index contributed by atoms with van der Waals surface area (Å²) in [5, 5.41) is 5.23. The van der Waals surface area contributed by atoms with Gasteiger partial charge in [-0.05, 0) is 59.3 Å². The molecule has 0 saturated heterocycles. The van der Waals surface area contributed by atoms with E-state index in [1.165, 1.54) is 0 Å². The zero-order valence-corrected chi connectivity index (χ0v) is 18.5. The highest BCUT2D eigenvalue weighted by atomic mass is 35.5. The Labute approximate surface area is 197 Å². The van der Waals surface area contributed by atoms with Crippen molar-refractivity contribution in [2.75, 3.05) is 0 Å². The third-order valence-corrected chi connectivity index (χ3v) is 5.97. The lowest BCUT2D eigenvalue weighted by molar-refractivity contribution is 1.61. The Morgan fingerprint density at radius 2 is 1.16 bits per heavy atom. The van der Waals surface area contributed by atoms with Crippen LogP contribution in [0.15, 0.2) is 97.1 Å². The van der Waals surface area contributed by atoms with Crippen molar-refractivity contribution in [1.82, 2.24) is 0 Å². The van der Waals surface area contributed by atoms with Crippen LogP contribution >= 0.6 is 23.2 Å². The van der Waals surface area contributed by atoms with Crippen LogP contribution in [0, 0.1) is 23.7 Å². The van der Waals surface area contributed by atoms with E-state index in [0.717, 1.165) is 43.8 Å². The van der Waals surface area contributed by atoms with Gasteiger partial charge >= 0.3 is 0 Å². The van der Waals surface area contributed by atoms with Crippen LogP contribution in [0.25, 0.3) is 21.5 Å². The van der Waals surface area contributed by atoms with E-state index in [4.69, 9.17) is 23.2 Å². The van der Waals surface area contributed by atoms with Crippen molar-refractivity contribution >= 4 is 44.7 Å². The van der Waals surface area contributed by atoms with Crippen molar-refractivity contribution < 1.29 is 0 Å². The zero-order valence-electron chi connectivity index (χ0n) is 17.0. The van der Waals surface area contributed by atoms with Gasteiger partial charge < -0.3 is 0 Å². The predicted octanol–water partition coefficient (Wildman–Crippen LogP) is 8.10. The maximum absolute atomic E-state index is 6.93. The van der Waals surface area contributed by atoms with Crippen LogP contribution in [-0.4, -0.2) is 0 Å². The summed E-state index contributed by atoms with van der Waals surface area (Å²) in [6.45, 7) is 0. The Hall–Kier alpha value is -3.68. The molecule has 0 saturated carbocycles. The Morgan fingerprint density at radius 1 is 0.500 bits per heavy atom. The molecule has 0 aliphatic carbocycles. The molecule has 5 aromatic carbocycles. The van der Waals surface area contributed by atoms with Gasteiger partial charge in [-0.2, -0.15) is 0 Å². The van der Waals surface area contributed by atoms with Crippen LogP contribution in [0.1, 0.15) is 22.3 Å². The van der Waals surface area contributed by atoms with Gasteiger partial charge in [0, 0.05) is 32.5 Å². The van der Waals surface area contributed by atoms with E-state index in [0.29, 0.717) is 10.0 Å². The topological polar surface area (TPSA) is 0 Å². The highest BCUT2D eigenvalue weighted by Crippen LogP contribution is 2.35. The molecule has 0 unspecified atom stereocenters. The molecule has 0 aliphatic heterocycles. The number of hydrogen-bond donors (Lipinski definition) is 0. The van der Waals surface area contributed by atoms with Crippen molar-refractivity contribution in [1.29, 1.82) is 0 Å².